The molecule has 0 saturated heterocycles. The molecule has 1 heteroatoms. The summed E-state index contributed by atoms with van der Waals surface area (Å²) in [5.41, 5.74) is 13.0. The molecule has 222 valence electrons. The zero-order valence-corrected chi connectivity index (χ0v) is 26.0. The second-order valence-electron chi connectivity index (χ2n) is 11.8. The summed E-state index contributed by atoms with van der Waals surface area (Å²) in [6.45, 7) is 0. The largest absolute Gasteiger partial charge is 0.311 e. The van der Waals surface area contributed by atoms with Crippen LogP contribution < -0.4 is 4.90 Å². The number of benzene rings is 8. The molecule has 0 fully saturated rings. The summed E-state index contributed by atoms with van der Waals surface area (Å²) in [6, 6.07) is 71.8. The maximum atomic E-state index is 2.33. The highest BCUT2D eigenvalue weighted by Crippen LogP contribution is 2.38. The van der Waals surface area contributed by atoms with Crippen LogP contribution in [0, 0.1) is 0 Å². The van der Waals surface area contributed by atoms with E-state index in [4.69, 9.17) is 0 Å². The third-order valence-electron chi connectivity index (χ3n) is 8.89. The highest BCUT2D eigenvalue weighted by Gasteiger charge is 2.14. The van der Waals surface area contributed by atoms with Crippen molar-refractivity contribution < 1.29 is 0 Å². The molecular formula is C46H33N. The zero-order chi connectivity index (χ0) is 31.4. The summed E-state index contributed by atoms with van der Waals surface area (Å²) in [5.74, 6) is 0. The predicted molar refractivity (Wildman–Crippen MR) is 200 cm³/mol. The van der Waals surface area contributed by atoms with Crippen LogP contribution in [0.4, 0.5) is 17.1 Å². The summed E-state index contributed by atoms with van der Waals surface area (Å²) in [7, 11) is 0. The number of hydrogen-bond acceptors (Lipinski definition) is 1. The average Bonchev–Trinajstić information content (AvgIpc) is 3.16. The van der Waals surface area contributed by atoms with Gasteiger partial charge in [-0.1, -0.05) is 158 Å². The Balaban J connectivity index is 1.10. The van der Waals surface area contributed by atoms with Crippen molar-refractivity contribution in [3.05, 3.63) is 200 Å². The molecule has 1 nitrogen and oxygen atoms in total. The maximum Gasteiger partial charge on any atom is 0.0462 e. The fourth-order valence-corrected chi connectivity index (χ4v) is 6.34. The van der Waals surface area contributed by atoms with Crippen LogP contribution >= 0.6 is 0 Å². The van der Waals surface area contributed by atoms with E-state index in [1.165, 1.54) is 55.3 Å². The van der Waals surface area contributed by atoms with Gasteiger partial charge in [-0.15, -0.1) is 0 Å². The SMILES string of the molecule is c1ccc(-c2ccc(N(c3ccc(-c4ccccc4)cc3)c3ccc(-c4ccc(-c5ccc6ccccc6c5)cc4)cc3)cc2)cc1. The molecule has 8 rings (SSSR count). The molecule has 0 aromatic heterocycles. The van der Waals surface area contributed by atoms with Crippen LogP contribution in [0.15, 0.2) is 200 Å². The lowest BCUT2D eigenvalue weighted by Crippen LogP contribution is -2.09. The summed E-state index contributed by atoms with van der Waals surface area (Å²) in [4.78, 5) is 2.33. The summed E-state index contributed by atoms with van der Waals surface area (Å²) < 4.78 is 0. The van der Waals surface area contributed by atoms with E-state index in [9.17, 15) is 0 Å². The molecular weight excluding hydrogens is 567 g/mol. The fraction of sp³-hybridized carbons (Fsp3) is 0. The lowest BCUT2D eigenvalue weighted by atomic mass is 9.98. The molecule has 0 heterocycles. The number of fused-ring (bicyclic) bond motifs is 1. The first-order chi connectivity index (χ1) is 23.3. The summed E-state index contributed by atoms with van der Waals surface area (Å²) in [5, 5.41) is 2.53. The lowest BCUT2D eigenvalue weighted by Gasteiger charge is -2.26. The van der Waals surface area contributed by atoms with Gasteiger partial charge in [-0.3, -0.25) is 0 Å². The Morgan fingerprint density at radius 1 is 0.213 bits per heavy atom. The molecule has 0 N–H and O–H groups in total. The second kappa shape index (κ2) is 12.7. The standard InChI is InChI=1S/C46H33N/c1-3-9-34(10-4-1)38-21-27-44(28-22-38)47(45-29-23-39(24-30-45)35-11-5-2-6-12-35)46-31-25-40(26-32-46)37-15-17-41(18-16-37)43-20-19-36-13-7-8-14-42(36)33-43/h1-33H. The number of rotatable bonds is 7. The van der Waals surface area contributed by atoms with Crippen LogP contribution in [0.3, 0.4) is 0 Å². The Labute approximate surface area is 276 Å². The van der Waals surface area contributed by atoms with Crippen molar-refractivity contribution in [2.24, 2.45) is 0 Å². The van der Waals surface area contributed by atoms with Crippen molar-refractivity contribution in [3.63, 3.8) is 0 Å². The molecule has 8 aromatic carbocycles. The van der Waals surface area contributed by atoms with E-state index < -0.39 is 0 Å². The van der Waals surface area contributed by atoms with Gasteiger partial charge in [0.2, 0.25) is 0 Å². The minimum Gasteiger partial charge on any atom is -0.311 e. The smallest absolute Gasteiger partial charge is 0.0462 e. The van der Waals surface area contributed by atoms with Gasteiger partial charge < -0.3 is 4.90 Å². The lowest BCUT2D eigenvalue weighted by molar-refractivity contribution is 1.28. The van der Waals surface area contributed by atoms with E-state index >= 15 is 0 Å². The van der Waals surface area contributed by atoms with Crippen molar-refractivity contribution in [2.45, 2.75) is 0 Å². The van der Waals surface area contributed by atoms with Crippen molar-refractivity contribution in [3.8, 4) is 44.5 Å². The van der Waals surface area contributed by atoms with E-state index in [0.717, 1.165) is 17.1 Å². The molecule has 0 aliphatic heterocycles. The van der Waals surface area contributed by atoms with Gasteiger partial charge in [-0.05, 0) is 97.7 Å². The molecule has 47 heavy (non-hydrogen) atoms. The third kappa shape index (κ3) is 5.95. The molecule has 0 aliphatic carbocycles. The van der Waals surface area contributed by atoms with E-state index in [1.54, 1.807) is 0 Å². The molecule has 0 aliphatic rings. The van der Waals surface area contributed by atoms with E-state index in [0.29, 0.717) is 0 Å². The first-order valence-electron chi connectivity index (χ1n) is 16.1. The Kier molecular flexibility index (Phi) is 7.63. The minimum absolute atomic E-state index is 1.11. The van der Waals surface area contributed by atoms with Gasteiger partial charge >= 0.3 is 0 Å². The number of nitrogens with zero attached hydrogens (tertiary/aromatic N) is 1. The van der Waals surface area contributed by atoms with Crippen LogP contribution in [0.1, 0.15) is 0 Å². The predicted octanol–water partition coefficient (Wildman–Crippen LogP) is 13.0. The summed E-state index contributed by atoms with van der Waals surface area (Å²) in [6.07, 6.45) is 0. The monoisotopic (exact) mass is 599 g/mol. The van der Waals surface area contributed by atoms with Gasteiger partial charge in [0.05, 0.1) is 0 Å². The van der Waals surface area contributed by atoms with Crippen LogP contribution in [0.2, 0.25) is 0 Å². The fourth-order valence-electron chi connectivity index (χ4n) is 6.34. The van der Waals surface area contributed by atoms with E-state index in [1.807, 2.05) is 0 Å². The van der Waals surface area contributed by atoms with Gasteiger partial charge in [0.1, 0.15) is 0 Å². The second-order valence-corrected chi connectivity index (χ2v) is 11.8. The topological polar surface area (TPSA) is 3.24 Å². The van der Waals surface area contributed by atoms with E-state index in [-0.39, 0.29) is 0 Å². The molecule has 0 spiro atoms. The molecule has 0 radical (unpaired) electrons. The van der Waals surface area contributed by atoms with Crippen molar-refractivity contribution in [1.82, 2.24) is 0 Å². The third-order valence-corrected chi connectivity index (χ3v) is 8.89. The van der Waals surface area contributed by atoms with Gasteiger partial charge in [0.15, 0.2) is 0 Å². The maximum absolute atomic E-state index is 2.33. The van der Waals surface area contributed by atoms with E-state index in [2.05, 4.69) is 205 Å². The highest BCUT2D eigenvalue weighted by atomic mass is 15.1. The summed E-state index contributed by atoms with van der Waals surface area (Å²) >= 11 is 0. The minimum atomic E-state index is 1.11. The highest BCUT2D eigenvalue weighted by molar-refractivity contribution is 5.88. The van der Waals surface area contributed by atoms with Gasteiger partial charge in [-0.25, -0.2) is 0 Å². The van der Waals surface area contributed by atoms with Crippen molar-refractivity contribution in [2.75, 3.05) is 4.90 Å². The Morgan fingerprint density at radius 2 is 0.511 bits per heavy atom. The van der Waals surface area contributed by atoms with Crippen LogP contribution in [-0.4, -0.2) is 0 Å². The normalized spacial score (nSPS) is 11.0. The molecule has 8 aromatic rings. The first-order valence-corrected chi connectivity index (χ1v) is 16.1. The Morgan fingerprint density at radius 3 is 0.936 bits per heavy atom. The zero-order valence-electron chi connectivity index (χ0n) is 26.0. The molecule has 0 bridgehead atoms. The first kappa shape index (κ1) is 28.3. The van der Waals surface area contributed by atoms with Crippen LogP contribution in [-0.2, 0) is 0 Å². The van der Waals surface area contributed by atoms with Gasteiger partial charge in [0, 0.05) is 17.1 Å². The number of anilines is 3. The van der Waals surface area contributed by atoms with Crippen LogP contribution in [0.5, 0.6) is 0 Å². The Hall–Kier alpha value is -6.18. The quantitative estimate of drug-likeness (QED) is 0.176. The molecule has 0 amide bonds. The molecule has 0 unspecified atom stereocenters. The van der Waals surface area contributed by atoms with Gasteiger partial charge in [0.25, 0.3) is 0 Å². The molecule has 0 saturated carbocycles. The average molecular weight is 600 g/mol. The van der Waals surface area contributed by atoms with Crippen molar-refractivity contribution >= 4 is 27.8 Å². The van der Waals surface area contributed by atoms with Crippen molar-refractivity contribution in [1.29, 1.82) is 0 Å². The molecule has 0 atom stereocenters. The van der Waals surface area contributed by atoms with Gasteiger partial charge in [-0.2, -0.15) is 0 Å². The van der Waals surface area contributed by atoms with Crippen LogP contribution in [0.25, 0.3) is 55.3 Å². The number of hydrogen-bond donors (Lipinski definition) is 0. The Bertz CT molecular complexity index is 2150.